The molecule has 0 spiro atoms. The van der Waals surface area contributed by atoms with Crippen LogP contribution in [0.2, 0.25) is 0 Å². The fourth-order valence-corrected chi connectivity index (χ4v) is 2.96. The fourth-order valence-electron chi connectivity index (χ4n) is 2.96. The van der Waals surface area contributed by atoms with Gasteiger partial charge in [0.15, 0.2) is 0 Å². The minimum absolute atomic E-state index is 0. The van der Waals surface area contributed by atoms with Crippen LogP contribution in [0.4, 0.5) is 4.39 Å². The molecule has 22 heavy (non-hydrogen) atoms. The van der Waals surface area contributed by atoms with Crippen LogP contribution in [0.25, 0.3) is 0 Å². The van der Waals surface area contributed by atoms with E-state index in [1.54, 1.807) is 12.1 Å². The highest BCUT2D eigenvalue weighted by Crippen LogP contribution is 2.29. The maximum Gasteiger partial charge on any atom is 0.223 e. The van der Waals surface area contributed by atoms with Crippen LogP contribution in [0.15, 0.2) is 24.3 Å². The number of likely N-dealkylation sites (tertiary alicyclic amines) is 1. The van der Waals surface area contributed by atoms with Crippen molar-refractivity contribution in [3.8, 4) is 0 Å². The Bertz CT molecular complexity index is 521. The average molecular weight is 329 g/mol. The minimum atomic E-state index is -0.237. The van der Waals surface area contributed by atoms with Gasteiger partial charge < -0.3 is 10.6 Å². The van der Waals surface area contributed by atoms with Gasteiger partial charge in [-0.2, -0.15) is 0 Å². The maximum atomic E-state index is 13.8. The number of carbonyl (C=O) groups is 1. The molecule has 0 saturated carbocycles. The molecule has 1 amide bonds. The number of hydrogen-bond acceptors (Lipinski definition) is 2. The number of piperidine rings is 1. The Balaban J connectivity index is 0.00000242. The van der Waals surface area contributed by atoms with E-state index >= 15 is 0 Å². The first-order valence-electron chi connectivity index (χ1n) is 7.59. The number of nitrogens with zero attached hydrogens (tertiary/aromatic N) is 1. The third kappa shape index (κ3) is 4.20. The van der Waals surface area contributed by atoms with E-state index in [1.807, 2.05) is 17.9 Å². The van der Waals surface area contributed by atoms with Gasteiger partial charge in [-0.25, -0.2) is 4.39 Å². The molecular weight excluding hydrogens is 303 g/mol. The molecule has 0 bridgehead atoms. The molecular formula is C17H26ClFN2O. The second-order valence-electron chi connectivity index (χ2n) is 6.83. The van der Waals surface area contributed by atoms with Crippen LogP contribution < -0.4 is 5.73 Å². The van der Waals surface area contributed by atoms with E-state index in [0.717, 1.165) is 6.42 Å². The van der Waals surface area contributed by atoms with Gasteiger partial charge in [-0.3, -0.25) is 4.79 Å². The molecule has 1 heterocycles. The van der Waals surface area contributed by atoms with Gasteiger partial charge in [0.1, 0.15) is 5.82 Å². The highest BCUT2D eigenvalue weighted by atomic mass is 35.5. The van der Waals surface area contributed by atoms with Crippen molar-refractivity contribution in [1.82, 2.24) is 4.90 Å². The van der Waals surface area contributed by atoms with Crippen LogP contribution in [0.1, 0.15) is 45.1 Å². The molecule has 2 rings (SSSR count). The summed E-state index contributed by atoms with van der Waals surface area (Å²) in [6.07, 6.45) is 1.17. The van der Waals surface area contributed by atoms with E-state index in [0.29, 0.717) is 25.1 Å². The van der Waals surface area contributed by atoms with Crippen molar-refractivity contribution >= 4 is 18.3 Å². The van der Waals surface area contributed by atoms with Crippen LogP contribution in [-0.2, 0) is 4.79 Å². The molecule has 5 heteroatoms. The Morgan fingerprint density at radius 1 is 1.45 bits per heavy atom. The lowest BCUT2D eigenvalue weighted by atomic mass is 9.79. The first kappa shape index (κ1) is 18.9. The molecule has 1 aliphatic heterocycles. The minimum Gasteiger partial charge on any atom is -0.342 e. The highest BCUT2D eigenvalue weighted by molar-refractivity contribution is 5.85. The molecule has 0 radical (unpaired) electrons. The Morgan fingerprint density at radius 2 is 2.09 bits per heavy atom. The molecule has 2 atom stereocenters. The molecule has 1 saturated heterocycles. The summed E-state index contributed by atoms with van der Waals surface area (Å²) in [5.41, 5.74) is 6.65. The number of rotatable bonds is 3. The highest BCUT2D eigenvalue weighted by Gasteiger charge is 2.35. The van der Waals surface area contributed by atoms with E-state index in [4.69, 9.17) is 5.73 Å². The van der Waals surface area contributed by atoms with E-state index in [1.165, 1.54) is 6.07 Å². The van der Waals surface area contributed by atoms with Gasteiger partial charge in [-0.15, -0.1) is 12.4 Å². The van der Waals surface area contributed by atoms with Gasteiger partial charge in [0.25, 0.3) is 0 Å². The van der Waals surface area contributed by atoms with E-state index in [9.17, 15) is 9.18 Å². The van der Waals surface area contributed by atoms with Crippen LogP contribution >= 0.6 is 12.4 Å². The summed E-state index contributed by atoms with van der Waals surface area (Å²) in [6, 6.07) is 6.80. The molecule has 0 aromatic heterocycles. The van der Waals surface area contributed by atoms with Gasteiger partial charge in [-0.05, 0) is 29.4 Å². The monoisotopic (exact) mass is 328 g/mol. The van der Waals surface area contributed by atoms with Gasteiger partial charge in [0.2, 0.25) is 5.91 Å². The molecule has 1 fully saturated rings. The Kier molecular flexibility index (Phi) is 6.38. The topological polar surface area (TPSA) is 46.3 Å². The smallest absolute Gasteiger partial charge is 0.223 e. The van der Waals surface area contributed by atoms with Crippen molar-refractivity contribution in [2.45, 2.75) is 45.6 Å². The third-order valence-corrected chi connectivity index (χ3v) is 4.58. The number of benzene rings is 1. The predicted molar refractivity (Wildman–Crippen MR) is 89.6 cm³/mol. The molecule has 1 aromatic carbocycles. The number of nitrogens with two attached hydrogens (primary N) is 1. The molecule has 2 unspecified atom stereocenters. The summed E-state index contributed by atoms with van der Waals surface area (Å²) in [7, 11) is 0. The van der Waals surface area contributed by atoms with E-state index < -0.39 is 0 Å². The van der Waals surface area contributed by atoms with Crippen LogP contribution in [0.3, 0.4) is 0 Å². The van der Waals surface area contributed by atoms with Gasteiger partial charge in [0, 0.05) is 25.6 Å². The van der Waals surface area contributed by atoms with Crippen LogP contribution in [0, 0.1) is 11.2 Å². The Hall–Kier alpha value is -1.13. The number of hydrogen-bond donors (Lipinski definition) is 1. The van der Waals surface area contributed by atoms with Gasteiger partial charge >= 0.3 is 0 Å². The number of halogens is 2. The lowest BCUT2D eigenvalue weighted by molar-refractivity contribution is -0.135. The zero-order chi connectivity index (χ0) is 15.6. The summed E-state index contributed by atoms with van der Waals surface area (Å²) >= 11 is 0. The van der Waals surface area contributed by atoms with Crippen LogP contribution in [-0.4, -0.2) is 29.9 Å². The Morgan fingerprint density at radius 3 is 2.68 bits per heavy atom. The zero-order valence-corrected chi connectivity index (χ0v) is 14.3. The summed E-state index contributed by atoms with van der Waals surface area (Å²) < 4.78 is 13.8. The second-order valence-corrected chi connectivity index (χ2v) is 6.83. The first-order valence-corrected chi connectivity index (χ1v) is 7.59. The number of amides is 1. The van der Waals surface area contributed by atoms with Crippen molar-refractivity contribution < 1.29 is 9.18 Å². The summed E-state index contributed by atoms with van der Waals surface area (Å²) in [4.78, 5) is 14.3. The SMILES string of the molecule is CC(CC(=O)N1CCC(N)C(C)(C)C1)c1ccccc1F.Cl. The zero-order valence-electron chi connectivity index (χ0n) is 13.5. The molecule has 1 aliphatic rings. The summed E-state index contributed by atoms with van der Waals surface area (Å²) in [5, 5.41) is 0. The first-order chi connectivity index (χ1) is 9.81. The summed E-state index contributed by atoms with van der Waals surface area (Å²) in [6.45, 7) is 7.47. The van der Waals surface area contributed by atoms with Crippen molar-refractivity contribution in [2.75, 3.05) is 13.1 Å². The molecule has 3 nitrogen and oxygen atoms in total. The normalized spacial score (nSPS) is 21.9. The lowest BCUT2D eigenvalue weighted by Gasteiger charge is -2.42. The molecule has 2 N–H and O–H groups in total. The van der Waals surface area contributed by atoms with Gasteiger partial charge in [0.05, 0.1) is 0 Å². The molecule has 124 valence electrons. The predicted octanol–water partition coefficient (Wildman–Crippen LogP) is 3.33. The van der Waals surface area contributed by atoms with Crippen molar-refractivity contribution in [3.63, 3.8) is 0 Å². The molecule has 1 aromatic rings. The standard InChI is InChI=1S/C17H25FN2O.ClH/c1-12(13-6-4-5-7-14(13)18)10-16(21)20-9-8-15(19)17(2,3)11-20;/h4-7,12,15H,8-11,19H2,1-3H3;1H. The fraction of sp³-hybridized carbons (Fsp3) is 0.588. The quantitative estimate of drug-likeness (QED) is 0.925. The lowest BCUT2D eigenvalue weighted by Crippen LogP contribution is -2.54. The number of carbonyl (C=O) groups excluding carboxylic acids is 1. The molecule has 0 aliphatic carbocycles. The van der Waals surface area contributed by atoms with Crippen LogP contribution in [0.5, 0.6) is 0 Å². The maximum absolute atomic E-state index is 13.8. The second kappa shape index (κ2) is 7.42. The van der Waals surface area contributed by atoms with Crippen molar-refractivity contribution in [1.29, 1.82) is 0 Å². The third-order valence-electron chi connectivity index (χ3n) is 4.58. The van der Waals surface area contributed by atoms with Crippen molar-refractivity contribution in [3.05, 3.63) is 35.6 Å². The van der Waals surface area contributed by atoms with Gasteiger partial charge in [-0.1, -0.05) is 39.0 Å². The average Bonchev–Trinajstić information content (AvgIpc) is 2.42. The van der Waals surface area contributed by atoms with Crippen molar-refractivity contribution in [2.24, 2.45) is 11.1 Å². The Labute approximate surface area is 138 Å². The largest absolute Gasteiger partial charge is 0.342 e. The van der Waals surface area contributed by atoms with E-state index in [2.05, 4.69) is 13.8 Å². The summed E-state index contributed by atoms with van der Waals surface area (Å²) in [5.74, 6) is -0.262. The van der Waals surface area contributed by atoms with E-state index in [-0.39, 0.29) is 41.5 Å².